The number of ether oxygens (including phenoxy) is 1. The third kappa shape index (κ3) is 4.24. The van der Waals surface area contributed by atoms with Crippen molar-refractivity contribution in [3.63, 3.8) is 0 Å². The molecule has 2 aromatic carbocycles. The Morgan fingerprint density at radius 3 is 2.59 bits per heavy atom. The number of methoxy groups -OCH3 is 1. The van der Waals surface area contributed by atoms with E-state index in [1.807, 2.05) is 49.1 Å². The average Bonchev–Trinajstić information content (AvgIpc) is 3.29. The maximum absolute atomic E-state index is 5.83. The lowest BCUT2D eigenvalue weighted by molar-refractivity contribution is 0.347. The molecule has 2 aromatic heterocycles. The van der Waals surface area contributed by atoms with Crippen LogP contribution in [0, 0.1) is 5.92 Å². The number of benzene rings is 2. The highest BCUT2D eigenvalue weighted by Gasteiger charge is 2.28. The number of fused-ring (bicyclic) bond motifs is 1. The second-order valence-corrected chi connectivity index (χ2v) is 8.22. The summed E-state index contributed by atoms with van der Waals surface area (Å²) in [5, 5.41) is 1.14. The van der Waals surface area contributed by atoms with Gasteiger partial charge in [-0.05, 0) is 54.2 Å². The van der Waals surface area contributed by atoms with Gasteiger partial charge in [0.05, 0.1) is 18.8 Å². The predicted octanol–water partition coefficient (Wildman–Crippen LogP) is 5.91. The third-order valence-electron chi connectivity index (χ3n) is 6.32. The quantitative estimate of drug-likeness (QED) is 0.360. The summed E-state index contributed by atoms with van der Waals surface area (Å²) in [6, 6.07) is 20.8. The highest BCUT2D eigenvalue weighted by molar-refractivity contribution is 5.92. The molecular weight excluding hydrogens is 398 g/mol. The lowest BCUT2D eigenvalue weighted by Gasteiger charge is -2.35. The Bertz CT molecular complexity index is 1180. The Morgan fingerprint density at radius 2 is 1.84 bits per heavy atom. The van der Waals surface area contributed by atoms with E-state index in [9.17, 15) is 0 Å². The summed E-state index contributed by atoms with van der Waals surface area (Å²) in [4.78, 5) is 11.6. The predicted molar refractivity (Wildman–Crippen MR) is 129 cm³/mol. The molecule has 0 N–H and O–H groups in total. The molecule has 5 nitrogen and oxygen atoms in total. The van der Waals surface area contributed by atoms with Crippen LogP contribution in [0.1, 0.15) is 30.0 Å². The van der Waals surface area contributed by atoms with Gasteiger partial charge in [-0.3, -0.25) is 9.98 Å². The lowest BCUT2D eigenvalue weighted by Crippen LogP contribution is -2.35. The number of rotatable bonds is 6. The third-order valence-corrected chi connectivity index (χ3v) is 6.32. The molecule has 0 aliphatic carbocycles. The number of piperidine rings is 1. The number of aromatic nitrogens is 1. The Hall–Kier alpha value is -3.60. The van der Waals surface area contributed by atoms with Crippen molar-refractivity contribution in [1.82, 2.24) is 4.98 Å². The maximum atomic E-state index is 5.83. The summed E-state index contributed by atoms with van der Waals surface area (Å²) in [5.41, 5.74) is 4.39. The summed E-state index contributed by atoms with van der Waals surface area (Å²) in [6.07, 6.45) is 9.64. The number of pyridine rings is 1. The fourth-order valence-corrected chi connectivity index (χ4v) is 4.57. The van der Waals surface area contributed by atoms with E-state index in [2.05, 4.69) is 46.3 Å². The zero-order valence-corrected chi connectivity index (χ0v) is 18.2. The first-order chi connectivity index (χ1) is 15.8. The Morgan fingerprint density at radius 1 is 1.06 bits per heavy atom. The van der Waals surface area contributed by atoms with Gasteiger partial charge in [-0.2, -0.15) is 0 Å². The number of nitrogens with zero attached hydrogens (tertiary/aromatic N) is 3. The van der Waals surface area contributed by atoms with Crippen molar-refractivity contribution in [2.45, 2.75) is 18.9 Å². The van der Waals surface area contributed by atoms with Gasteiger partial charge in [-0.1, -0.05) is 30.3 Å². The van der Waals surface area contributed by atoms with Crippen molar-refractivity contribution < 1.29 is 9.15 Å². The van der Waals surface area contributed by atoms with Crippen LogP contribution < -0.4 is 9.64 Å². The number of anilines is 1. The van der Waals surface area contributed by atoms with Gasteiger partial charge in [-0.15, -0.1) is 0 Å². The van der Waals surface area contributed by atoms with Crippen molar-refractivity contribution in [1.29, 1.82) is 0 Å². The minimum absolute atomic E-state index is 0.150. The molecule has 1 atom stereocenters. The molecule has 0 saturated carbocycles. The summed E-state index contributed by atoms with van der Waals surface area (Å²) in [5.74, 6) is 1.31. The van der Waals surface area contributed by atoms with Crippen LogP contribution in [0.15, 0.2) is 88.7 Å². The smallest absolute Gasteiger partial charge is 0.139 e. The second kappa shape index (κ2) is 9.27. The van der Waals surface area contributed by atoms with Crippen LogP contribution in [0.25, 0.3) is 11.0 Å². The van der Waals surface area contributed by atoms with Crippen LogP contribution >= 0.6 is 0 Å². The first-order valence-corrected chi connectivity index (χ1v) is 11.1. The van der Waals surface area contributed by atoms with Crippen LogP contribution in [-0.2, 0) is 0 Å². The van der Waals surface area contributed by atoms with E-state index in [-0.39, 0.29) is 6.04 Å². The molecule has 1 saturated heterocycles. The summed E-state index contributed by atoms with van der Waals surface area (Å²) < 4.78 is 11.1. The fourth-order valence-electron chi connectivity index (χ4n) is 4.57. The Balaban J connectivity index is 1.34. The molecule has 3 heterocycles. The second-order valence-electron chi connectivity index (χ2n) is 8.22. The van der Waals surface area contributed by atoms with Gasteiger partial charge in [-0.25, -0.2) is 0 Å². The molecule has 0 spiro atoms. The van der Waals surface area contributed by atoms with Gasteiger partial charge in [0.2, 0.25) is 0 Å². The summed E-state index contributed by atoms with van der Waals surface area (Å²) >= 11 is 0. The van der Waals surface area contributed by atoms with Crippen molar-refractivity contribution >= 4 is 22.9 Å². The number of hydrogen-bond acceptors (Lipinski definition) is 5. The first-order valence-electron chi connectivity index (χ1n) is 11.1. The Kier molecular flexibility index (Phi) is 5.88. The van der Waals surface area contributed by atoms with Gasteiger partial charge in [0.25, 0.3) is 0 Å². The minimum Gasteiger partial charge on any atom is -0.497 e. The van der Waals surface area contributed by atoms with Crippen LogP contribution in [0.4, 0.5) is 5.69 Å². The minimum atomic E-state index is 0.150. The van der Waals surface area contributed by atoms with Crippen molar-refractivity contribution in [2.75, 3.05) is 25.1 Å². The zero-order chi connectivity index (χ0) is 21.8. The SMILES string of the molecule is COc1ccc2c(N3CCC(C(N=Cc4ccncc4)c4ccccc4)CC3)coc2c1. The number of furan rings is 1. The molecule has 1 aliphatic rings. The monoisotopic (exact) mass is 425 g/mol. The normalized spacial score (nSPS) is 16.0. The van der Waals surface area contributed by atoms with Gasteiger partial charge in [0.1, 0.15) is 17.6 Å². The fraction of sp³-hybridized carbons (Fsp3) is 0.259. The molecule has 32 heavy (non-hydrogen) atoms. The largest absolute Gasteiger partial charge is 0.497 e. The highest BCUT2D eigenvalue weighted by Crippen LogP contribution is 2.38. The molecule has 0 amide bonds. The van der Waals surface area contributed by atoms with Crippen LogP contribution in [0.5, 0.6) is 5.75 Å². The molecule has 5 rings (SSSR count). The van der Waals surface area contributed by atoms with E-state index in [4.69, 9.17) is 14.1 Å². The molecule has 0 bridgehead atoms. The summed E-state index contributed by atoms with van der Waals surface area (Å²) in [6.45, 7) is 1.97. The van der Waals surface area contributed by atoms with E-state index in [1.165, 1.54) is 5.56 Å². The van der Waals surface area contributed by atoms with E-state index < -0.39 is 0 Å². The van der Waals surface area contributed by atoms with Gasteiger partial charge >= 0.3 is 0 Å². The molecule has 1 unspecified atom stereocenters. The van der Waals surface area contributed by atoms with Crippen LogP contribution in [0.3, 0.4) is 0 Å². The lowest BCUT2D eigenvalue weighted by atomic mass is 9.85. The van der Waals surface area contributed by atoms with Gasteiger partial charge < -0.3 is 14.1 Å². The Labute approximate surface area is 188 Å². The van der Waals surface area contributed by atoms with Crippen LogP contribution in [-0.4, -0.2) is 31.4 Å². The molecule has 5 heteroatoms. The van der Waals surface area contributed by atoms with Crippen molar-refractivity contribution in [3.8, 4) is 5.75 Å². The van der Waals surface area contributed by atoms with Gasteiger partial charge in [0, 0.05) is 43.2 Å². The van der Waals surface area contributed by atoms with Gasteiger partial charge in [0.15, 0.2) is 0 Å². The zero-order valence-electron chi connectivity index (χ0n) is 18.2. The van der Waals surface area contributed by atoms with Crippen molar-refractivity contribution in [2.24, 2.45) is 10.9 Å². The van der Waals surface area contributed by atoms with Crippen molar-refractivity contribution in [3.05, 3.63) is 90.4 Å². The van der Waals surface area contributed by atoms with E-state index in [0.29, 0.717) is 5.92 Å². The van der Waals surface area contributed by atoms with E-state index >= 15 is 0 Å². The standard InChI is InChI=1S/C27H27N3O2/c1-31-23-7-8-24-25(19-32-26(24)17-23)30-15-11-22(12-16-30)27(21-5-3-2-4-6-21)29-18-20-9-13-28-14-10-20/h2-10,13-14,17-19,22,27H,11-12,15-16H2,1H3. The summed E-state index contributed by atoms with van der Waals surface area (Å²) in [7, 11) is 1.68. The maximum Gasteiger partial charge on any atom is 0.139 e. The topological polar surface area (TPSA) is 50.9 Å². The molecule has 0 radical (unpaired) electrons. The number of aliphatic imine (C=N–C) groups is 1. The van der Waals surface area contributed by atoms with Crippen LogP contribution in [0.2, 0.25) is 0 Å². The first kappa shape index (κ1) is 20.3. The number of hydrogen-bond donors (Lipinski definition) is 0. The van der Waals surface area contributed by atoms with E-state index in [0.717, 1.165) is 53.9 Å². The molecule has 4 aromatic rings. The molecule has 1 aliphatic heterocycles. The molecule has 1 fully saturated rings. The molecule has 162 valence electrons. The highest BCUT2D eigenvalue weighted by atomic mass is 16.5. The van der Waals surface area contributed by atoms with E-state index in [1.54, 1.807) is 7.11 Å². The molecular formula is C27H27N3O2. The average molecular weight is 426 g/mol.